The number of fused-ring (bicyclic) bond motifs is 1. The van der Waals surface area contributed by atoms with Crippen molar-refractivity contribution in [1.29, 1.82) is 0 Å². The number of hydrogen-bond donors (Lipinski definition) is 1. The van der Waals surface area contributed by atoms with Crippen LogP contribution in [0.3, 0.4) is 0 Å². The van der Waals surface area contributed by atoms with Gasteiger partial charge in [0.2, 0.25) is 0 Å². The first kappa shape index (κ1) is 21.8. The Morgan fingerprint density at radius 3 is 2.42 bits per heavy atom. The summed E-state index contributed by atoms with van der Waals surface area (Å²) in [5, 5.41) is 2.96. The van der Waals surface area contributed by atoms with Gasteiger partial charge in [0.25, 0.3) is 11.5 Å². The number of nitrogens with zero attached hydrogens (tertiary/aromatic N) is 2. The lowest BCUT2D eigenvalue weighted by Crippen LogP contribution is -2.41. The monoisotopic (exact) mass is 425 g/mol. The number of carbonyl (C=O) groups is 2. The summed E-state index contributed by atoms with van der Waals surface area (Å²) in [4.78, 5) is 50.2. The Bertz CT molecular complexity index is 1240. The van der Waals surface area contributed by atoms with E-state index < -0.39 is 35.8 Å². The highest BCUT2D eigenvalue weighted by atomic mass is 16.5. The number of esters is 1. The molecule has 0 bridgehead atoms. The molecule has 0 spiro atoms. The standard InChI is InChI=1S/C22H23N3O6/c1-4-24-21(28)15-9-5-7-11-17(15)25(22(24)29)13-19(26)31-14(2)20(27)23-16-10-6-8-12-18(16)30-3/h5-12,14H,4,13H2,1-3H3,(H,23,27). The zero-order valence-corrected chi connectivity index (χ0v) is 17.5. The van der Waals surface area contributed by atoms with Gasteiger partial charge in [-0.2, -0.15) is 0 Å². The molecule has 0 aliphatic heterocycles. The van der Waals surface area contributed by atoms with Crippen LogP contribution in [-0.4, -0.2) is 34.2 Å². The van der Waals surface area contributed by atoms with Gasteiger partial charge in [-0.25, -0.2) is 4.79 Å². The minimum absolute atomic E-state index is 0.162. The smallest absolute Gasteiger partial charge is 0.332 e. The molecule has 0 fully saturated rings. The molecule has 1 N–H and O–H groups in total. The van der Waals surface area contributed by atoms with Crippen LogP contribution >= 0.6 is 0 Å². The van der Waals surface area contributed by atoms with Gasteiger partial charge in [-0.15, -0.1) is 0 Å². The minimum atomic E-state index is -1.11. The lowest BCUT2D eigenvalue weighted by atomic mass is 10.2. The fraction of sp³-hybridized carbons (Fsp3) is 0.273. The van der Waals surface area contributed by atoms with Gasteiger partial charge in [-0.3, -0.25) is 23.5 Å². The molecule has 3 rings (SSSR count). The maximum Gasteiger partial charge on any atom is 0.332 e. The number of para-hydroxylation sites is 3. The number of methoxy groups -OCH3 is 1. The Balaban J connectivity index is 1.79. The van der Waals surface area contributed by atoms with E-state index in [1.807, 2.05) is 0 Å². The third-order valence-electron chi connectivity index (χ3n) is 4.78. The number of nitrogens with one attached hydrogen (secondary N) is 1. The summed E-state index contributed by atoms with van der Waals surface area (Å²) in [7, 11) is 1.48. The van der Waals surface area contributed by atoms with Crippen LogP contribution in [0, 0.1) is 0 Å². The summed E-state index contributed by atoms with van der Waals surface area (Å²) in [5.41, 5.74) is -0.271. The third-order valence-corrected chi connectivity index (χ3v) is 4.78. The Labute approximate surface area is 177 Å². The molecule has 9 heteroatoms. The highest BCUT2D eigenvalue weighted by molar-refractivity contribution is 5.96. The Kier molecular flexibility index (Phi) is 6.54. The molecular weight excluding hydrogens is 402 g/mol. The topological polar surface area (TPSA) is 109 Å². The highest BCUT2D eigenvalue weighted by Gasteiger charge is 2.21. The van der Waals surface area contributed by atoms with Crippen LogP contribution in [0.1, 0.15) is 13.8 Å². The largest absolute Gasteiger partial charge is 0.495 e. The van der Waals surface area contributed by atoms with Gasteiger partial charge in [-0.1, -0.05) is 24.3 Å². The quantitative estimate of drug-likeness (QED) is 0.578. The summed E-state index contributed by atoms with van der Waals surface area (Å²) < 4.78 is 12.6. The molecule has 2 aromatic carbocycles. The first-order valence-corrected chi connectivity index (χ1v) is 9.73. The van der Waals surface area contributed by atoms with Gasteiger partial charge >= 0.3 is 11.7 Å². The van der Waals surface area contributed by atoms with E-state index in [1.165, 1.54) is 18.6 Å². The molecule has 1 amide bonds. The molecular formula is C22H23N3O6. The van der Waals surface area contributed by atoms with Crippen LogP contribution in [0.15, 0.2) is 58.1 Å². The number of benzene rings is 2. The van der Waals surface area contributed by atoms with Crippen LogP contribution in [0.4, 0.5) is 5.69 Å². The molecule has 3 aromatic rings. The van der Waals surface area contributed by atoms with Crippen LogP contribution in [-0.2, 0) is 27.4 Å². The fourth-order valence-corrected chi connectivity index (χ4v) is 3.20. The maximum absolute atomic E-state index is 12.7. The molecule has 1 aromatic heterocycles. The zero-order valence-electron chi connectivity index (χ0n) is 17.5. The van der Waals surface area contributed by atoms with Gasteiger partial charge < -0.3 is 14.8 Å². The normalized spacial score (nSPS) is 11.7. The van der Waals surface area contributed by atoms with E-state index in [0.717, 1.165) is 4.57 Å². The van der Waals surface area contributed by atoms with Crippen molar-refractivity contribution in [2.45, 2.75) is 33.0 Å². The molecule has 0 aliphatic rings. The van der Waals surface area contributed by atoms with Crippen LogP contribution in [0.2, 0.25) is 0 Å². The first-order chi connectivity index (χ1) is 14.9. The lowest BCUT2D eigenvalue weighted by Gasteiger charge is -2.16. The summed E-state index contributed by atoms with van der Waals surface area (Å²) in [5.74, 6) is -0.862. The lowest BCUT2D eigenvalue weighted by molar-refractivity contribution is -0.153. The molecule has 0 saturated heterocycles. The second-order valence-corrected chi connectivity index (χ2v) is 6.76. The van der Waals surface area contributed by atoms with E-state index in [0.29, 0.717) is 22.3 Å². The number of rotatable bonds is 7. The minimum Gasteiger partial charge on any atom is -0.495 e. The number of amides is 1. The molecule has 0 aliphatic carbocycles. The van der Waals surface area contributed by atoms with Crippen LogP contribution < -0.4 is 21.3 Å². The van der Waals surface area contributed by atoms with E-state index in [4.69, 9.17) is 9.47 Å². The highest BCUT2D eigenvalue weighted by Crippen LogP contribution is 2.23. The Morgan fingerprint density at radius 2 is 1.71 bits per heavy atom. The van der Waals surface area contributed by atoms with Crippen molar-refractivity contribution in [3.63, 3.8) is 0 Å². The average Bonchev–Trinajstić information content (AvgIpc) is 2.77. The number of ether oxygens (including phenoxy) is 2. The van der Waals surface area contributed by atoms with Crippen molar-refractivity contribution < 1.29 is 19.1 Å². The molecule has 0 saturated carbocycles. The van der Waals surface area contributed by atoms with E-state index in [-0.39, 0.29) is 6.54 Å². The third kappa shape index (κ3) is 4.50. The molecule has 31 heavy (non-hydrogen) atoms. The summed E-state index contributed by atoms with van der Waals surface area (Å²) in [6.07, 6.45) is -1.11. The van der Waals surface area contributed by atoms with Crippen molar-refractivity contribution in [3.8, 4) is 5.75 Å². The Morgan fingerprint density at radius 1 is 1.03 bits per heavy atom. The van der Waals surface area contributed by atoms with Crippen molar-refractivity contribution in [2.75, 3.05) is 12.4 Å². The van der Waals surface area contributed by atoms with Crippen LogP contribution in [0.5, 0.6) is 5.75 Å². The second kappa shape index (κ2) is 9.29. The molecule has 1 heterocycles. The predicted octanol–water partition coefficient (Wildman–Crippen LogP) is 1.76. The van der Waals surface area contributed by atoms with Gasteiger partial charge in [0.15, 0.2) is 6.10 Å². The number of hydrogen-bond acceptors (Lipinski definition) is 6. The first-order valence-electron chi connectivity index (χ1n) is 9.73. The van der Waals surface area contributed by atoms with E-state index in [9.17, 15) is 19.2 Å². The molecule has 162 valence electrons. The molecule has 1 unspecified atom stereocenters. The van der Waals surface area contributed by atoms with Crippen molar-refractivity contribution >= 4 is 28.5 Å². The van der Waals surface area contributed by atoms with Crippen LogP contribution in [0.25, 0.3) is 10.9 Å². The second-order valence-electron chi connectivity index (χ2n) is 6.76. The number of aromatic nitrogens is 2. The number of anilines is 1. The van der Waals surface area contributed by atoms with Gasteiger partial charge in [0.05, 0.1) is 23.7 Å². The summed E-state index contributed by atoms with van der Waals surface area (Å²) in [6.45, 7) is 2.82. The van der Waals surface area contributed by atoms with Crippen molar-refractivity contribution in [1.82, 2.24) is 9.13 Å². The summed E-state index contributed by atoms with van der Waals surface area (Å²) >= 11 is 0. The predicted molar refractivity (Wildman–Crippen MR) is 115 cm³/mol. The maximum atomic E-state index is 12.7. The SMILES string of the molecule is CCn1c(=O)c2ccccc2n(CC(=O)OC(C)C(=O)Nc2ccccc2OC)c1=O. The van der Waals surface area contributed by atoms with Crippen molar-refractivity contribution in [3.05, 3.63) is 69.4 Å². The van der Waals surface area contributed by atoms with Gasteiger partial charge in [0.1, 0.15) is 12.3 Å². The van der Waals surface area contributed by atoms with Crippen molar-refractivity contribution in [2.24, 2.45) is 0 Å². The fourth-order valence-electron chi connectivity index (χ4n) is 3.20. The van der Waals surface area contributed by atoms with Gasteiger partial charge in [0, 0.05) is 6.54 Å². The van der Waals surface area contributed by atoms with E-state index in [1.54, 1.807) is 55.5 Å². The molecule has 9 nitrogen and oxygen atoms in total. The van der Waals surface area contributed by atoms with Gasteiger partial charge in [-0.05, 0) is 38.1 Å². The zero-order chi connectivity index (χ0) is 22.5. The average molecular weight is 425 g/mol. The Hall–Kier alpha value is -3.88. The number of carbonyl (C=O) groups excluding carboxylic acids is 2. The van der Waals surface area contributed by atoms with E-state index in [2.05, 4.69) is 5.32 Å². The van der Waals surface area contributed by atoms with E-state index >= 15 is 0 Å². The molecule has 1 atom stereocenters. The molecule has 0 radical (unpaired) electrons. The summed E-state index contributed by atoms with van der Waals surface area (Å²) in [6, 6.07) is 13.4.